The third kappa shape index (κ3) is 6.25. The molecule has 0 saturated heterocycles. The van der Waals surface area contributed by atoms with Crippen molar-refractivity contribution in [3.8, 4) is 5.75 Å². The van der Waals surface area contributed by atoms with Gasteiger partial charge in [0.15, 0.2) is 0 Å². The van der Waals surface area contributed by atoms with Gasteiger partial charge in [-0.3, -0.25) is 9.59 Å². The van der Waals surface area contributed by atoms with Crippen molar-refractivity contribution in [2.24, 2.45) is 5.73 Å². The molecular formula is C15H20FNO4. The first-order chi connectivity index (χ1) is 10.0. The largest absolute Gasteiger partial charge is 0.493 e. The molecule has 0 atom stereocenters. The lowest BCUT2D eigenvalue weighted by Crippen LogP contribution is -2.13. The summed E-state index contributed by atoms with van der Waals surface area (Å²) in [4.78, 5) is 22.0. The molecule has 6 heteroatoms. The quantitative estimate of drug-likeness (QED) is 0.561. The number of amides is 1. The smallest absolute Gasteiger partial charge is 0.305 e. The van der Waals surface area contributed by atoms with Crippen LogP contribution in [0.15, 0.2) is 18.2 Å². The van der Waals surface area contributed by atoms with Crippen LogP contribution in [0, 0.1) is 5.82 Å². The van der Waals surface area contributed by atoms with Crippen LogP contribution in [0.25, 0.3) is 0 Å². The standard InChI is InChI=1S/C15H20FNO4/c1-2-20-14(18)6-4-3-5-9-21-11-7-8-12(15(17)19)13(16)10-11/h7-8,10H,2-6,9H2,1H3,(H2,17,19). The lowest BCUT2D eigenvalue weighted by atomic mass is 10.2. The fraction of sp³-hybridized carbons (Fsp3) is 0.467. The molecule has 0 aromatic heterocycles. The topological polar surface area (TPSA) is 78.6 Å². The van der Waals surface area contributed by atoms with Crippen LogP contribution in [0.2, 0.25) is 0 Å². The van der Waals surface area contributed by atoms with Gasteiger partial charge < -0.3 is 15.2 Å². The van der Waals surface area contributed by atoms with Gasteiger partial charge in [-0.25, -0.2) is 4.39 Å². The number of ether oxygens (including phenoxy) is 2. The van der Waals surface area contributed by atoms with E-state index in [9.17, 15) is 14.0 Å². The van der Waals surface area contributed by atoms with E-state index in [0.717, 1.165) is 25.3 Å². The van der Waals surface area contributed by atoms with E-state index < -0.39 is 11.7 Å². The number of unbranched alkanes of at least 4 members (excludes halogenated alkanes) is 2. The number of halogens is 1. The Kier molecular flexibility index (Phi) is 7.21. The summed E-state index contributed by atoms with van der Waals surface area (Å²) >= 11 is 0. The van der Waals surface area contributed by atoms with Crippen molar-refractivity contribution in [1.82, 2.24) is 0 Å². The molecule has 0 aliphatic heterocycles. The zero-order valence-electron chi connectivity index (χ0n) is 12.1. The molecule has 0 unspecified atom stereocenters. The molecule has 1 aromatic rings. The second kappa shape index (κ2) is 8.94. The van der Waals surface area contributed by atoms with Crippen molar-refractivity contribution in [3.05, 3.63) is 29.6 Å². The molecule has 1 rings (SSSR count). The van der Waals surface area contributed by atoms with Crippen molar-refractivity contribution < 1.29 is 23.5 Å². The van der Waals surface area contributed by atoms with E-state index in [1.54, 1.807) is 6.92 Å². The van der Waals surface area contributed by atoms with Crippen LogP contribution < -0.4 is 10.5 Å². The Hall–Kier alpha value is -2.11. The summed E-state index contributed by atoms with van der Waals surface area (Å²) in [6.45, 7) is 2.58. The number of benzene rings is 1. The summed E-state index contributed by atoms with van der Waals surface area (Å²) in [6.07, 6.45) is 2.70. The lowest BCUT2D eigenvalue weighted by Gasteiger charge is -2.07. The van der Waals surface area contributed by atoms with Gasteiger partial charge in [0.05, 0.1) is 18.8 Å². The zero-order valence-corrected chi connectivity index (χ0v) is 12.1. The normalized spacial score (nSPS) is 10.2. The summed E-state index contributed by atoms with van der Waals surface area (Å²) in [5.41, 5.74) is 4.85. The molecule has 21 heavy (non-hydrogen) atoms. The molecule has 1 aromatic carbocycles. The summed E-state index contributed by atoms with van der Waals surface area (Å²) in [6, 6.07) is 3.94. The fourth-order valence-electron chi connectivity index (χ4n) is 1.76. The van der Waals surface area contributed by atoms with Gasteiger partial charge in [0.2, 0.25) is 0 Å². The summed E-state index contributed by atoms with van der Waals surface area (Å²) in [7, 11) is 0. The molecule has 0 fully saturated rings. The SMILES string of the molecule is CCOC(=O)CCCCCOc1ccc(C(N)=O)c(F)c1. The maximum Gasteiger partial charge on any atom is 0.305 e. The number of hydrogen-bond acceptors (Lipinski definition) is 4. The minimum Gasteiger partial charge on any atom is -0.493 e. The highest BCUT2D eigenvalue weighted by molar-refractivity contribution is 5.93. The Morgan fingerprint density at radius 3 is 2.62 bits per heavy atom. The maximum absolute atomic E-state index is 13.5. The number of carbonyl (C=O) groups excluding carboxylic acids is 2. The predicted octanol–water partition coefficient (Wildman–Crippen LogP) is 2.43. The maximum atomic E-state index is 13.5. The molecule has 0 radical (unpaired) electrons. The monoisotopic (exact) mass is 297 g/mol. The van der Waals surface area contributed by atoms with E-state index in [0.29, 0.717) is 25.4 Å². The highest BCUT2D eigenvalue weighted by atomic mass is 19.1. The van der Waals surface area contributed by atoms with Gasteiger partial charge in [0.25, 0.3) is 5.91 Å². The Morgan fingerprint density at radius 2 is 2.00 bits per heavy atom. The molecule has 0 aliphatic carbocycles. The predicted molar refractivity (Wildman–Crippen MR) is 75.5 cm³/mol. The first kappa shape index (κ1) is 16.9. The van der Waals surface area contributed by atoms with Crippen molar-refractivity contribution >= 4 is 11.9 Å². The first-order valence-electron chi connectivity index (χ1n) is 6.92. The lowest BCUT2D eigenvalue weighted by molar-refractivity contribution is -0.143. The van der Waals surface area contributed by atoms with E-state index in [4.69, 9.17) is 15.2 Å². The summed E-state index contributed by atoms with van der Waals surface area (Å²) in [5, 5.41) is 0. The number of primary amides is 1. The van der Waals surface area contributed by atoms with Gasteiger partial charge in [-0.05, 0) is 38.3 Å². The molecule has 5 nitrogen and oxygen atoms in total. The fourth-order valence-corrected chi connectivity index (χ4v) is 1.76. The van der Waals surface area contributed by atoms with E-state index in [1.807, 2.05) is 0 Å². The van der Waals surface area contributed by atoms with Crippen LogP contribution in [0.5, 0.6) is 5.75 Å². The zero-order chi connectivity index (χ0) is 15.7. The Bertz CT molecular complexity index is 491. The third-order valence-corrected chi connectivity index (χ3v) is 2.81. The number of carbonyl (C=O) groups is 2. The first-order valence-corrected chi connectivity index (χ1v) is 6.92. The average molecular weight is 297 g/mol. The van der Waals surface area contributed by atoms with Gasteiger partial charge in [0, 0.05) is 12.5 Å². The van der Waals surface area contributed by atoms with Crippen LogP contribution in [-0.4, -0.2) is 25.1 Å². The van der Waals surface area contributed by atoms with E-state index >= 15 is 0 Å². The van der Waals surface area contributed by atoms with Crippen molar-refractivity contribution in [3.63, 3.8) is 0 Å². The minimum atomic E-state index is -0.807. The summed E-state index contributed by atoms with van der Waals surface area (Å²) < 4.78 is 23.6. The molecule has 0 spiro atoms. The number of hydrogen-bond donors (Lipinski definition) is 1. The van der Waals surface area contributed by atoms with Crippen LogP contribution in [0.1, 0.15) is 43.0 Å². The van der Waals surface area contributed by atoms with Gasteiger partial charge in [-0.1, -0.05) is 0 Å². The number of rotatable bonds is 9. The van der Waals surface area contributed by atoms with Gasteiger partial charge in [0.1, 0.15) is 11.6 Å². The van der Waals surface area contributed by atoms with Crippen molar-refractivity contribution in [1.29, 1.82) is 0 Å². The van der Waals surface area contributed by atoms with Crippen molar-refractivity contribution in [2.75, 3.05) is 13.2 Å². The highest BCUT2D eigenvalue weighted by Gasteiger charge is 2.09. The van der Waals surface area contributed by atoms with E-state index in [2.05, 4.69) is 0 Å². The van der Waals surface area contributed by atoms with E-state index in [-0.39, 0.29) is 11.5 Å². The molecule has 1 amide bonds. The Labute approximate surface area is 123 Å². The average Bonchev–Trinajstić information content (AvgIpc) is 2.42. The molecule has 0 bridgehead atoms. The summed E-state index contributed by atoms with van der Waals surface area (Å²) in [5.74, 6) is -1.34. The van der Waals surface area contributed by atoms with Crippen molar-refractivity contribution in [2.45, 2.75) is 32.6 Å². The molecule has 2 N–H and O–H groups in total. The van der Waals surface area contributed by atoms with Crippen LogP contribution in [-0.2, 0) is 9.53 Å². The van der Waals surface area contributed by atoms with Gasteiger partial charge in [-0.2, -0.15) is 0 Å². The van der Waals surface area contributed by atoms with Crippen LogP contribution in [0.3, 0.4) is 0 Å². The number of esters is 1. The van der Waals surface area contributed by atoms with Crippen LogP contribution in [0.4, 0.5) is 4.39 Å². The second-order valence-electron chi connectivity index (χ2n) is 4.47. The second-order valence-corrected chi connectivity index (χ2v) is 4.47. The molecule has 0 heterocycles. The minimum absolute atomic E-state index is 0.156. The Balaban J connectivity index is 2.23. The molecule has 0 aliphatic rings. The molecule has 0 saturated carbocycles. The Morgan fingerprint density at radius 1 is 1.24 bits per heavy atom. The molecular weight excluding hydrogens is 277 g/mol. The highest BCUT2D eigenvalue weighted by Crippen LogP contribution is 2.16. The molecule has 116 valence electrons. The number of nitrogens with two attached hydrogens (primary N) is 1. The van der Waals surface area contributed by atoms with Crippen LogP contribution >= 0.6 is 0 Å². The van der Waals surface area contributed by atoms with E-state index in [1.165, 1.54) is 12.1 Å². The third-order valence-electron chi connectivity index (χ3n) is 2.81. The van der Waals surface area contributed by atoms with Gasteiger partial charge in [-0.15, -0.1) is 0 Å². The van der Waals surface area contributed by atoms with Gasteiger partial charge >= 0.3 is 5.97 Å².